The number of rotatable bonds is 4. The minimum atomic E-state index is -0.620. The zero-order valence-corrected chi connectivity index (χ0v) is 17.5. The molecular formula is C22H20ClN3O4. The van der Waals surface area contributed by atoms with Crippen LogP contribution in [0, 0.1) is 13.8 Å². The van der Waals surface area contributed by atoms with Crippen molar-refractivity contribution in [3.05, 3.63) is 70.1 Å². The normalized spacial score (nSPS) is 15.5. The number of anilines is 2. The Balaban J connectivity index is 1.66. The number of nitrogens with one attached hydrogen (secondary N) is 1. The van der Waals surface area contributed by atoms with Crippen molar-refractivity contribution in [2.45, 2.75) is 33.4 Å². The van der Waals surface area contributed by atoms with Crippen molar-refractivity contribution in [3.63, 3.8) is 0 Å². The van der Waals surface area contributed by atoms with Gasteiger partial charge in [0, 0.05) is 21.8 Å². The molecule has 1 unspecified atom stereocenters. The van der Waals surface area contributed by atoms with Crippen LogP contribution in [0.25, 0.3) is 0 Å². The Bertz CT molecular complexity index is 1120. The van der Waals surface area contributed by atoms with Crippen molar-refractivity contribution in [1.29, 1.82) is 0 Å². The molecule has 3 aromatic rings. The lowest BCUT2D eigenvalue weighted by molar-refractivity contribution is -0.125. The molecule has 2 aromatic carbocycles. The molecule has 2 heterocycles. The molecule has 154 valence electrons. The number of halogens is 1. The molecule has 8 heteroatoms. The molecule has 1 atom stereocenters. The summed E-state index contributed by atoms with van der Waals surface area (Å²) in [6.07, 6.45) is -0.620. The van der Waals surface area contributed by atoms with Crippen LogP contribution in [0.2, 0.25) is 5.02 Å². The smallest absolute Gasteiger partial charge is 0.268 e. The van der Waals surface area contributed by atoms with Crippen molar-refractivity contribution in [1.82, 2.24) is 5.16 Å². The summed E-state index contributed by atoms with van der Waals surface area (Å²) >= 11 is 5.98. The molecule has 30 heavy (non-hydrogen) atoms. The van der Waals surface area contributed by atoms with Gasteiger partial charge in [0.05, 0.1) is 17.9 Å². The lowest BCUT2D eigenvalue weighted by Crippen LogP contribution is -2.44. The van der Waals surface area contributed by atoms with Crippen LogP contribution in [-0.2, 0) is 11.3 Å². The van der Waals surface area contributed by atoms with E-state index in [-0.39, 0.29) is 11.8 Å². The molecule has 1 aromatic heterocycles. The molecule has 1 aliphatic heterocycles. The number of carbonyl (C=O) groups is 2. The van der Waals surface area contributed by atoms with Gasteiger partial charge in [-0.1, -0.05) is 22.8 Å². The van der Waals surface area contributed by atoms with Gasteiger partial charge in [0.25, 0.3) is 11.8 Å². The second-order valence-corrected chi connectivity index (χ2v) is 7.57. The van der Waals surface area contributed by atoms with E-state index in [0.29, 0.717) is 40.0 Å². The van der Waals surface area contributed by atoms with E-state index in [2.05, 4.69) is 10.5 Å². The van der Waals surface area contributed by atoms with Gasteiger partial charge in [-0.3, -0.25) is 9.59 Å². The van der Waals surface area contributed by atoms with Gasteiger partial charge in [-0.05, 0) is 57.2 Å². The molecule has 4 rings (SSSR count). The fourth-order valence-corrected chi connectivity index (χ4v) is 3.56. The highest BCUT2D eigenvalue weighted by molar-refractivity contribution is 6.31. The maximum Gasteiger partial charge on any atom is 0.268 e. The van der Waals surface area contributed by atoms with E-state index in [0.717, 1.165) is 11.3 Å². The van der Waals surface area contributed by atoms with Crippen molar-refractivity contribution < 1.29 is 18.8 Å². The molecule has 0 spiro atoms. The zero-order valence-electron chi connectivity index (χ0n) is 16.7. The molecule has 0 bridgehead atoms. The van der Waals surface area contributed by atoms with Crippen molar-refractivity contribution in [2.75, 3.05) is 10.2 Å². The highest BCUT2D eigenvalue weighted by atomic mass is 35.5. The molecule has 0 saturated heterocycles. The van der Waals surface area contributed by atoms with Crippen molar-refractivity contribution in [3.8, 4) is 5.75 Å². The summed E-state index contributed by atoms with van der Waals surface area (Å²) in [5, 5.41) is 7.29. The van der Waals surface area contributed by atoms with Crippen LogP contribution in [0.1, 0.15) is 34.3 Å². The number of carbonyl (C=O) groups excluding carboxylic acids is 2. The number of fused-ring (bicyclic) bond motifs is 1. The third-order valence-electron chi connectivity index (χ3n) is 5.01. The van der Waals surface area contributed by atoms with E-state index in [1.807, 2.05) is 13.8 Å². The molecule has 1 N–H and O–H groups in total. The second-order valence-electron chi connectivity index (χ2n) is 7.13. The zero-order chi connectivity index (χ0) is 21.4. The first kappa shape index (κ1) is 20.0. The maximum absolute atomic E-state index is 12.9. The van der Waals surface area contributed by atoms with Gasteiger partial charge in [0.15, 0.2) is 6.10 Å². The number of benzene rings is 2. The summed E-state index contributed by atoms with van der Waals surface area (Å²) in [4.78, 5) is 27.1. The Kier molecular flexibility index (Phi) is 5.22. The molecule has 0 aliphatic carbocycles. The fraction of sp³-hybridized carbons (Fsp3) is 0.227. The van der Waals surface area contributed by atoms with Gasteiger partial charge in [-0.2, -0.15) is 0 Å². The Hall–Kier alpha value is -3.32. The van der Waals surface area contributed by atoms with Gasteiger partial charge in [0.2, 0.25) is 0 Å². The van der Waals surface area contributed by atoms with Crippen LogP contribution in [0.15, 0.2) is 47.0 Å². The van der Waals surface area contributed by atoms with E-state index < -0.39 is 6.10 Å². The summed E-state index contributed by atoms with van der Waals surface area (Å²) in [7, 11) is 0. The number of aryl methyl sites for hydroxylation is 2. The molecule has 0 saturated carbocycles. The number of ether oxygens (including phenoxy) is 1. The molecule has 0 fully saturated rings. The number of aromatic nitrogens is 1. The summed E-state index contributed by atoms with van der Waals surface area (Å²) < 4.78 is 11.0. The van der Waals surface area contributed by atoms with Gasteiger partial charge >= 0.3 is 0 Å². The van der Waals surface area contributed by atoms with Gasteiger partial charge in [0.1, 0.15) is 11.5 Å². The molecule has 0 radical (unpaired) electrons. The second kappa shape index (κ2) is 7.84. The summed E-state index contributed by atoms with van der Waals surface area (Å²) in [5.74, 6) is 0.744. The number of nitrogens with zero attached hydrogens (tertiary/aromatic N) is 2. The van der Waals surface area contributed by atoms with Crippen LogP contribution in [0.4, 0.5) is 11.4 Å². The number of amides is 2. The van der Waals surface area contributed by atoms with Crippen LogP contribution in [0.5, 0.6) is 5.75 Å². The Morgan fingerprint density at radius 2 is 2.03 bits per heavy atom. The summed E-state index contributed by atoms with van der Waals surface area (Å²) in [6, 6.07) is 11.9. The summed E-state index contributed by atoms with van der Waals surface area (Å²) in [6.45, 7) is 5.65. The number of hydrogen-bond acceptors (Lipinski definition) is 5. The van der Waals surface area contributed by atoms with E-state index in [4.69, 9.17) is 20.9 Å². The largest absolute Gasteiger partial charge is 0.479 e. The lowest BCUT2D eigenvalue weighted by atomic mass is 10.1. The van der Waals surface area contributed by atoms with E-state index in [9.17, 15) is 9.59 Å². The topological polar surface area (TPSA) is 84.7 Å². The highest BCUT2D eigenvalue weighted by Crippen LogP contribution is 2.38. The third kappa shape index (κ3) is 3.76. The van der Waals surface area contributed by atoms with E-state index >= 15 is 0 Å². The molecular weight excluding hydrogens is 406 g/mol. The predicted octanol–water partition coefficient (Wildman–Crippen LogP) is 4.51. The number of hydrogen-bond donors (Lipinski definition) is 1. The molecule has 1 aliphatic rings. The monoisotopic (exact) mass is 425 g/mol. The van der Waals surface area contributed by atoms with Crippen LogP contribution in [0.3, 0.4) is 0 Å². The van der Waals surface area contributed by atoms with E-state index in [1.165, 1.54) is 0 Å². The van der Waals surface area contributed by atoms with Crippen molar-refractivity contribution in [2.24, 2.45) is 0 Å². The molecule has 2 amide bonds. The minimum absolute atomic E-state index is 0.180. The Morgan fingerprint density at radius 3 is 2.73 bits per heavy atom. The van der Waals surface area contributed by atoms with Gasteiger partial charge in [-0.25, -0.2) is 0 Å². The first-order chi connectivity index (χ1) is 14.3. The van der Waals surface area contributed by atoms with Gasteiger partial charge in [-0.15, -0.1) is 0 Å². The molecule has 7 nitrogen and oxygen atoms in total. The quantitative estimate of drug-likeness (QED) is 0.664. The standard InChI is InChI=1S/C22H20ClN3O4/c1-12-18(13(2)30-25-12)11-26-19-10-17(7-8-20(19)29-14(3)22(26)28)24-21(27)15-5-4-6-16(23)9-15/h4-10,14H,11H2,1-3H3,(H,24,27). The SMILES string of the molecule is Cc1noc(C)c1CN1C(=O)C(C)Oc2ccc(NC(=O)c3cccc(Cl)c3)cc21. The lowest BCUT2D eigenvalue weighted by Gasteiger charge is -2.33. The van der Waals surface area contributed by atoms with Crippen molar-refractivity contribution >= 4 is 34.8 Å². The predicted molar refractivity (Wildman–Crippen MR) is 113 cm³/mol. The average Bonchev–Trinajstić information content (AvgIpc) is 3.03. The van der Waals surface area contributed by atoms with Gasteiger partial charge < -0.3 is 19.5 Å². The average molecular weight is 426 g/mol. The highest BCUT2D eigenvalue weighted by Gasteiger charge is 2.33. The van der Waals surface area contributed by atoms with Crippen LogP contribution >= 0.6 is 11.6 Å². The third-order valence-corrected chi connectivity index (χ3v) is 5.24. The Labute approximate surface area is 178 Å². The first-order valence-corrected chi connectivity index (χ1v) is 9.82. The van der Waals surface area contributed by atoms with Crippen LogP contribution < -0.4 is 15.0 Å². The fourth-order valence-electron chi connectivity index (χ4n) is 3.37. The van der Waals surface area contributed by atoms with E-state index in [1.54, 1.807) is 54.3 Å². The first-order valence-electron chi connectivity index (χ1n) is 9.44. The maximum atomic E-state index is 12.9. The minimum Gasteiger partial charge on any atom is -0.479 e. The van der Waals surface area contributed by atoms with Crippen LogP contribution in [-0.4, -0.2) is 23.1 Å². The Morgan fingerprint density at radius 1 is 1.23 bits per heavy atom. The summed E-state index contributed by atoms with van der Waals surface area (Å²) in [5.41, 5.74) is 3.12.